The first-order valence-electron chi connectivity index (χ1n) is 10.5. The molecule has 3 aromatic carbocycles. The van der Waals surface area contributed by atoms with Crippen LogP contribution < -0.4 is 4.90 Å². The molecule has 0 unspecified atom stereocenters. The number of likely N-dealkylation sites (tertiary alicyclic amines) is 1. The molecular formula is C25H21FN2O3S. The van der Waals surface area contributed by atoms with Crippen LogP contribution in [0.15, 0.2) is 76.5 Å². The minimum absolute atomic E-state index is 0.0363. The standard InChI is InChI=1S/C25H21FN2O3S/c26-20-9-3-1-7-18(20)16-28-21-15-17(24(29)27-13-5-6-14-27)11-12-23(21)32(31)22-10-4-2-8-19(22)25(28)30/h1-4,7-12,15H,5-6,13-14,16H2/t32-/m0/s1. The van der Waals surface area contributed by atoms with Crippen LogP contribution in [0.25, 0.3) is 0 Å². The second kappa shape index (κ2) is 8.31. The lowest BCUT2D eigenvalue weighted by atomic mass is 10.1. The van der Waals surface area contributed by atoms with E-state index in [-0.39, 0.29) is 18.4 Å². The first-order chi connectivity index (χ1) is 15.5. The third-order valence-electron chi connectivity index (χ3n) is 5.94. The van der Waals surface area contributed by atoms with Crippen molar-refractivity contribution in [3.63, 3.8) is 0 Å². The molecule has 162 valence electrons. The summed E-state index contributed by atoms with van der Waals surface area (Å²) in [5.74, 6) is -0.914. The maximum Gasteiger partial charge on any atom is 0.259 e. The number of hydrogen-bond donors (Lipinski definition) is 0. The lowest BCUT2D eigenvalue weighted by molar-refractivity contribution is 0.0792. The van der Waals surface area contributed by atoms with E-state index in [0.717, 1.165) is 12.8 Å². The summed E-state index contributed by atoms with van der Waals surface area (Å²) in [6.07, 6.45) is 1.93. The average Bonchev–Trinajstić information content (AvgIpc) is 3.34. The van der Waals surface area contributed by atoms with Crippen molar-refractivity contribution in [1.82, 2.24) is 4.90 Å². The molecule has 2 heterocycles. The Morgan fingerprint density at radius 1 is 0.938 bits per heavy atom. The number of rotatable bonds is 3. The van der Waals surface area contributed by atoms with Gasteiger partial charge in [0, 0.05) is 24.2 Å². The van der Waals surface area contributed by atoms with Crippen LogP contribution in [-0.4, -0.2) is 34.0 Å². The zero-order valence-corrected chi connectivity index (χ0v) is 18.1. The van der Waals surface area contributed by atoms with E-state index in [2.05, 4.69) is 0 Å². The number of anilines is 1. The van der Waals surface area contributed by atoms with Gasteiger partial charge in [-0.25, -0.2) is 8.60 Å². The lowest BCUT2D eigenvalue weighted by Crippen LogP contribution is -2.31. The molecule has 5 nitrogen and oxygen atoms in total. The number of carbonyl (C=O) groups excluding carboxylic acids is 2. The molecule has 0 aliphatic carbocycles. The van der Waals surface area contributed by atoms with Crippen LogP contribution in [0.1, 0.15) is 39.1 Å². The Labute approximate surface area is 187 Å². The Balaban J connectivity index is 1.66. The SMILES string of the molecule is O=C(c1ccc2c(c1)N(Cc1ccccc1F)C(=O)c1ccccc1[S@@]2=O)N1CCCC1. The van der Waals surface area contributed by atoms with Gasteiger partial charge >= 0.3 is 0 Å². The van der Waals surface area contributed by atoms with E-state index in [0.29, 0.717) is 45.3 Å². The minimum atomic E-state index is -1.62. The molecule has 1 saturated heterocycles. The quantitative estimate of drug-likeness (QED) is 0.597. The summed E-state index contributed by atoms with van der Waals surface area (Å²) in [7, 11) is -1.62. The molecule has 1 fully saturated rings. The number of hydrogen-bond acceptors (Lipinski definition) is 3. The highest BCUT2D eigenvalue weighted by atomic mass is 32.2. The lowest BCUT2D eigenvalue weighted by Gasteiger charge is -2.24. The molecule has 0 bridgehead atoms. The largest absolute Gasteiger partial charge is 0.339 e. The molecule has 3 aromatic rings. The number of fused-ring (bicyclic) bond motifs is 2. The third-order valence-corrected chi connectivity index (χ3v) is 7.44. The highest BCUT2D eigenvalue weighted by molar-refractivity contribution is 7.85. The first kappa shape index (κ1) is 20.6. The van der Waals surface area contributed by atoms with E-state index in [1.165, 1.54) is 11.0 Å². The van der Waals surface area contributed by atoms with Gasteiger partial charge in [-0.1, -0.05) is 30.3 Å². The molecule has 2 aliphatic rings. The highest BCUT2D eigenvalue weighted by Gasteiger charge is 2.32. The zero-order valence-electron chi connectivity index (χ0n) is 17.3. The zero-order chi connectivity index (χ0) is 22.2. The molecule has 0 N–H and O–H groups in total. The van der Waals surface area contributed by atoms with Crippen molar-refractivity contribution in [1.29, 1.82) is 0 Å². The summed E-state index contributed by atoms with van der Waals surface area (Å²) >= 11 is 0. The van der Waals surface area contributed by atoms with Gasteiger partial charge in [-0.2, -0.15) is 0 Å². The molecule has 7 heteroatoms. The molecule has 32 heavy (non-hydrogen) atoms. The first-order valence-corrected chi connectivity index (χ1v) is 11.7. The summed E-state index contributed by atoms with van der Waals surface area (Å²) in [6.45, 7) is 1.36. The molecule has 5 rings (SSSR count). The van der Waals surface area contributed by atoms with Gasteiger partial charge in [-0.15, -0.1) is 0 Å². The van der Waals surface area contributed by atoms with Gasteiger partial charge in [0.15, 0.2) is 0 Å². The van der Waals surface area contributed by atoms with Crippen molar-refractivity contribution in [3.8, 4) is 0 Å². The number of carbonyl (C=O) groups is 2. The second-order valence-corrected chi connectivity index (χ2v) is 9.35. The van der Waals surface area contributed by atoms with Crippen LogP contribution >= 0.6 is 0 Å². The average molecular weight is 449 g/mol. The second-order valence-electron chi connectivity index (χ2n) is 7.93. The number of nitrogens with zero attached hydrogens (tertiary/aromatic N) is 2. The van der Waals surface area contributed by atoms with Gasteiger partial charge in [0.2, 0.25) is 0 Å². The Morgan fingerprint density at radius 3 is 2.44 bits per heavy atom. The monoisotopic (exact) mass is 448 g/mol. The third kappa shape index (κ3) is 3.52. The van der Waals surface area contributed by atoms with Crippen molar-refractivity contribution in [2.24, 2.45) is 0 Å². The summed E-state index contributed by atoms with van der Waals surface area (Å²) in [5.41, 5.74) is 1.46. The smallest absolute Gasteiger partial charge is 0.259 e. The molecule has 2 amide bonds. The summed E-state index contributed by atoms with van der Waals surface area (Å²) in [6, 6.07) is 18.0. The van der Waals surface area contributed by atoms with E-state index < -0.39 is 16.6 Å². The fourth-order valence-corrected chi connectivity index (χ4v) is 5.60. The predicted molar refractivity (Wildman–Crippen MR) is 120 cm³/mol. The summed E-state index contributed by atoms with van der Waals surface area (Å²) in [5, 5.41) is 0. The summed E-state index contributed by atoms with van der Waals surface area (Å²) in [4.78, 5) is 30.6. The van der Waals surface area contributed by atoms with Crippen LogP contribution in [0.4, 0.5) is 10.1 Å². The highest BCUT2D eigenvalue weighted by Crippen LogP contribution is 2.36. The van der Waals surface area contributed by atoms with Gasteiger partial charge in [0.1, 0.15) is 5.82 Å². The molecule has 0 spiro atoms. The van der Waals surface area contributed by atoms with Crippen LogP contribution in [0, 0.1) is 5.82 Å². The van der Waals surface area contributed by atoms with E-state index in [9.17, 15) is 18.2 Å². The van der Waals surface area contributed by atoms with Crippen LogP contribution in [0.3, 0.4) is 0 Å². The molecular weight excluding hydrogens is 427 g/mol. The van der Waals surface area contributed by atoms with Crippen LogP contribution in [-0.2, 0) is 17.3 Å². The Kier molecular flexibility index (Phi) is 5.35. The molecule has 0 radical (unpaired) electrons. The van der Waals surface area contributed by atoms with Crippen molar-refractivity contribution in [2.45, 2.75) is 29.2 Å². The fourth-order valence-electron chi connectivity index (χ4n) is 4.25. The molecule has 1 atom stereocenters. The van der Waals surface area contributed by atoms with Crippen LogP contribution in [0.2, 0.25) is 0 Å². The van der Waals surface area contributed by atoms with Crippen molar-refractivity contribution in [3.05, 3.63) is 89.2 Å². The molecule has 0 saturated carbocycles. The van der Waals surface area contributed by atoms with Gasteiger partial charge < -0.3 is 9.80 Å². The maximum atomic E-state index is 14.5. The predicted octanol–water partition coefficient (Wildman–Crippen LogP) is 4.39. The van der Waals surface area contributed by atoms with Crippen LogP contribution in [0.5, 0.6) is 0 Å². The van der Waals surface area contributed by atoms with Crippen molar-refractivity contribution in [2.75, 3.05) is 18.0 Å². The Hall–Kier alpha value is -3.32. The minimum Gasteiger partial charge on any atom is -0.339 e. The number of amides is 2. The van der Waals surface area contributed by atoms with Gasteiger partial charge in [-0.3, -0.25) is 9.59 Å². The van der Waals surface area contributed by atoms with E-state index in [1.54, 1.807) is 65.6 Å². The van der Waals surface area contributed by atoms with E-state index >= 15 is 0 Å². The van der Waals surface area contributed by atoms with Crippen molar-refractivity contribution >= 4 is 28.3 Å². The van der Waals surface area contributed by atoms with Gasteiger partial charge in [0.05, 0.1) is 38.4 Å². The number of halogens is 1. The van der Waals surface area contributed by atoms with Gasteiger partial charge in [0.25, 0.3) is 11.8 Å². The Morgan fingerprint density at radius 2 is 1.66 bits per heavy atom. The molecule has 2 aliphatic heterocycles. The normalized spacial score (nSPS) is 17.7. The van der Waals surface area contributed by atoms with Crippen molar-refractivity contribution < 1.29 is 18.2 Å². The Bertz CT molecular complexity index is 1250. The topological polar surface area (TPSA) is 57.7 Å². The van der Waals surface area contributed by atoms with E-state index in [1.807, 2.05) is 0 Å². The maximum absolute atomic E-state index is 14.5. The fraction of sp³-hybridized carbons (Fsp3) is 0.200. The van der Waals surface area contributed by atoms with E-state index in [4.69, 9.17) is 0 Å². The summed E-state index contributed by atoms with van der Waals surface area (Å²) < 4.78 is 27.9. The molecule has 0 aromatic heterocycles. The number of benzene rings is 3. The van der Waals surface area contributed by atoms with Gasteiger partial charge in [-0.05, 0) is 49.2 Å².